The van der Waals surface area contributed by atoms with Crippen molar-refractivity contribution >= 4 is 0 Å². The number of hydrogen-bond donors (Lipinski definition) is 1. The quantitative estimate of drug-likeness (QED) is 0.879. The third kappa shape index (κ3) is 3.75. The van der Waals surface area contributed by atoms with E-state index < -0.39 is 6.10 Å². The van der Waals surface area contributed by atoms with Gasteiger partial charge < -0.3 is 9.84 Å². The first-order valence-corrected chi connectivity index (χ1v) is 8.92. The molecule has 0 aliphatic carbocycles. The zero-order chi connectivity index (χ0) is 18.2. The molecule has 2 atom stereocenters. The number of pyridine rings is 2. The Hall–Kier alpha value is -1.78. The molecule has 0 bridgehead atoms. The van der Waals surface area contributed by atoms with Gasteiger partial charge in [0.15, 0.2) is 0 Å². The van der Waals surface area contributed by atoms with Gasteiger partial charge >= 0.3 is 0 Å². The molecule has 2 aromatic rings. The van der Waals surface area contributed by atoms with Crippen LogP contribution in [0.3, 0.4) is 0 Å². The molecule has 0 amide bonds. The lowest BCUT2D eigenvalue weighted by Gasteiger charge is -2.26. The van der Waals surface area contributed by atoms with Crippen molar-refractivity contribution < 1.29 is 9.84 Å². The number of aromatic nitrogens is 2. The monoisotopic (exact) mass is 340 g/mol. The van der Waals surface area contributed by atoms with Crippen LogP contribution in [0.25, 0.3) is 11.4 Å². The van der Waals surface area contributed by atoms with Crippen molar-refractivity contribution in [3.63, 3.8) is 0 Å². The van der Waals surface area contributed by atoms with Gasteiger partial charge in [-0.25, -0.2) is 9.97 Å². The van der Waals surface area contributed by atoms with Crippen LogP contribution in [0.15, 0.2) is 36.4 Å². The average molecular weight is 340 g/mol. The van der Waals surface area contributed by atoms with Crippen LogP contribution in [0, 0.1) is 10.8 Å². The first-order valence-electron chi connectivity index (χ1n) is 8.92. The van der Waals surface area contributed by atoms with Gasteiger partial charge in [0.25, 0.3) is 0 Å². The van der Waals surface area contributed by atoms with Crippen molar-refractivity contribution in [2.45, 2.75) is 53.2 Å². The molecule has 25 heavy (non-hydrogen) atoms. The lowest BCUT2D eigenvalue weighted by atomic mass is 9.84. The van der Waals surface area contributed by atoms with E-state index >= 15 is 0 Å². The largest absolute Gasteiger partial charge is 0.386 e. The van der Waals surface area contributed by atoms with Crippen molar-refractivity contribution in [2.75, 3.05) is 6.61 Å². The molecule has 0 radical (unpaired) electrons. The van der Waals surface area contributed by atoms with E-state index in [4.69, 9.17) is 9.72 Å². The van der Waals surface area contributed by atoms with Gasteiger partial charge in [0, 0.05) is 6.61 Å². The van der Waals surface area contributed by atoms with E-state index in [9.17, 15) is 5.11 Å². The molecule has 3 rings (SSSR count). The van der Waals surface area contributed by atoms with Crippen LogP contribution < -0.4 is 0 Å². The van der Waals surface area contributed by atoms with E-state index in [1.54, 1.807) is 0 Å². The molecule has 1 aliphatic heterocycles. The Bertz CT molecular complexity index is 750. The Morgan fingerprint density at radius 2 is 1.72 bits per heavy atom. The second kappa shape index (κ2) is 6.50. The Balaban J connectivity index is 1.94. The molecule has 0 unspecified atom stereocenters. The van der Waals surface area contributed by atoms with Gasteiger partial charge in [0.05, 0.1) is 22.8 Å². The summed E-state index contributed by atoms with van der Waals surface area (Å²) in [5, 5.41) is 10.5. The maximum atomic E-state index is 10.5. The van der Waals surface area contributed by atoms with Gasteiger partial charge in [-0.2, -0.15) is 0 Å². The summed E-state index contributed by atoms with van der Waals surface area (Å²) in [7, 11) is 0. The zero-order valence-electron chi connectivity index (χ0n) is 15.8. The fraction of sp³-hybridized carbons (Fsp3) is 0.524. The van der Waals surface area contributed by atoms with Crippen LogP contribution in [0.5, 0.6) is 0 Å². The second-order valence-corrected chi connectivity index (χ2v) is 8.65. The summed E-state index contributed by atoms with van der Waals surface area (Å²) in [6.45, 7) is 11.2. The topological polar surface area (TPSA) is 55.2 Å². The third-order valence-corrected chi connectivity index (χ3v) is 4.91. The fourth-order valence-electron chi connectivity index (χ4n) is 3.21. The number of ether oxygens (including phenoxy) is 1. The summed E-state index contributed by atoms with van der Waals surface area (Å²) in [6.07, 6.45) is 0.429. The van der Waals surface area contributed by atoms with Crippen molar-refractivity contribution in [1.82, 2.24) is 9.97 Å². The van der Waals surface area contributed by atoms with E-state index in [1.807, 2.05) is 57.2 Å². The summed E-state index contributed by atoms with van der Waals surface area (Å²) in [4.78, 5) is 9.47. The minimum atomic E-state index is -0.618. The number of aliphatic hydroxyl groups excluding tert-OH is 1. The highest BCUT2D eigenvalue weighted by molar-refractivity contribution is 5.54. The molecule has 3 heterocycles. The first kappa shape index (κ1) is 18.0. The van der Waals surface area contributed by atoms with Crippen molar-refractivity contribution in [1.29, 1.82) is 0 Å². The average Bonchev–Trinajstić information content (AvgIpc) is 2.93. The van der Waals surface area contributed by atoms with Crippen LogP contribution in [-0.4, -0.2) is 21.7 Å². The lowest BCUT2D eigenvalue weighted by molar-refractivity contribution is 0.0589. The van der Waals surface area contributed by atoms with Gasteiger partial charge in [-0.3, -0.25) is 0 Å². The molecule has 0 spiro atoms. The molecule has 4 nitrogen and oxygen atoms in total. The molecule has 1 fully saturated rings. The molecular formula is C21H28N2O2. The van der Waals surface area contributed by atoms with Crippen molar-refractivity contribution in [2.24, 2.45) is 10.8 Å². The Labute approximate surface area is 150 Å². The molecule has 1 aliphatic rings. The van der Waals surface area contributed by atoms with Crippen LogP contribution in [0.1, 0.15) is 64.6 Å². The van der Waals surface area contributed by atoms with Gasteiger partial charge in [0.2, 0.25) is 0 Å². The van der Waals surface area contributed by atoms with E-state index in [-0.39, 0.29) is 16.9 Å². The van der Waals surface area contributed by atoms with E-state index in [2.05, 4.69) is 18.8 Å². The molecule has 0 aromatic carbocycles. The standard InChI is InChI=1S/C21H28N2O2/c1-20(2,3)18(24)16-10-6-8-14(22-16)15-9-7-11-17(23-15)19-21(4,5)12-13-25-19/h6-11,18-19,24H,12-13H2,1-5H3/t18-,19-/m1/s1. The normalized spacial score (nSPS) is 21.3. The third-order valence-electron chi connectivity index (χ3n) is 4.91. The molecule has 4 heteroatoms. The summed E-state index contributed by atoms with van der Waals surface area (Å²) in [5.74, 6) is 0. The number of hydrogen-bond acceptors (Lipinski definition) is 4. The van der Waals surface area contributed by atoms with Gasteiger partial charge in [-0.15, -0.1) is 0 Å². The molecule has 134 valence electrons. The molecule has 0 saturated carbocycles. The SMILES string of the molecule is CC(C)(C)[C@H](O)c1cccc(-c2cccc([C@H]3OCCC3(C)C)n2)n1. The second-order valence-electron chi connectivity index (χ2n) is 8.65. The van der Waals surface area contributed by atoms with E-state index in [0.29, 0.717) is 5.69 Å². The number of rotatable bonds is 3. The highest BCUT2D eigenvalue weighted by atomic mass is 16.5. The van der Waals surface area contributed by atoms with E-state index in [1.165, 1.54) is 0 Å². The molecule has 1 saturated heterocycles. The maximum Gasteiger partial charge on any atom is 0.105 e. The number of aliphatic hydroxyl groups is 1. The Kier molecular flexibility index (Phi) is 4.69. The zero-order valence-corrected chi connectivity index (χ0v) is 15.8. The van der Waals surface area contributed by atoms with Crippen LogP contribution in [-0.2, 0) is 4.74 Å². The Morgan fingerprint density at radius 3 is 2.32 bits per heavy atom. The van der Waals surface area contributed by atoms with Crippen LogP contribution in [0.4, 0.5) is 0 Å². The van der Waals surface area contributed by atoms with Gasteiger partial charge in [-0.05, 0) is 41.5 Å². The smallest absolute Gasteiger partial charge is 0.105 e. The van der Waals surface area contributed by atoms with Crippen LogP contribution in [0.2, 0.25) is 0 Å². The van der Waals surface area contributed by atoms with Crippen LogP contribution >= 0.6 is 0 Å². The number of nitrogens with zero attached hydrogens (tertiary/aromatic N) is 2. The predicted molar refractivity (Wildman–Crippen MR) is 99.0 cm³/mol. The maximum absolute atomic E-state index is 10.5. The van der Waals surface area contributed by atoms with Gasteiger partial charge in [-0.1, -0.05) is 46.8 Å². The highest BCUT2D eigenvalue weighted by Gasteiger charge is 2.37. The summed E-state index contributed by atoms with van der Waals surface area (Å²) >= 11 is 0. The molecule has 2 aromatic heterocycles. The van der Waals surface area contributed by atoms with Gasteiger partial charge in [0.1, 0.15) is 12.2 Å². The summed E-state index contributed by atoms with van der Waals surface area (Å²) < 4.78 is 5.93. The first-order chi connectivity index (χ1) is 11.7. The summed E-state index contributed by atoms with van der Waals surface area (Å²) in [5.41, 5.74) is 3.04. The fourth-order valence-corrected chi connectivity index (χ4v) is 3.21. The van der Waals surface area contributed by atoms with Crippen molar-refractivity contribution in [3.05, 3.63) is 47.8 Å². The molecular weight excluding hydrogens is 312 g/mol. The Morgan fingerprint density at radius 1 is 1.08 bits per heavy atom. The molecule has 1 N–H and O–H groups in total. The lowest BCUT2D eigenvalue weighted by Crippen LogP contribution is -2.19. The van der Waals surface area contributed by atoms with Crippen molar-refractivity contribution in [3.8, 4) is 11.4 Å². The minimum absolute atomic E-state index is 0.01000. The van der Waals surface area contributed by atoms with E-state index in [0.717, 1.165) is 30.1 Å². The predicted octanol–water partition coefficient (Wildman–Crippen LogP) is 4.71. The summed E-state index contributed by atoms with van der Waals surface area (Å²) in [6, 6.07) is 11.7. The minimum Gasteiger partial charge on any atom is -0.386 e. The highest BCUT2D eigenvalue weighted by Crippen LogP contribution is 2.44.